The van der Waals surface area contributed by atoms with E-state index in [1.165, 1.54) is 6.20 Å². The van der Waals surface area contributed by atoms with Gasteiger partial charge in [0.05, 0.1) is 5.52 Å². The van der Waals surface area contributed by atoms with E-state index in [2.05, 4.69) is 4.98 Å². The molecule has 4 nitrogen and oxygen atoms in total. The number of pyridine rings is 1. The summed E-state index contributed by atoms with van der Waals surface area (Å²) in [7, 11) is -3.30. The monoisotopic (exact) mass is 249 g/mol. The van der Waals surface area contributed by atoms with Crippen LogP contribution >= 0.6 is 0 Å². The lowest BCUT2D eigenvalue weighted by molar-refractivity contribution is 0.102. The van der Waals surface area contributed by atoms with Gasteiger partial charge in [-0.25, -0.2) is 8.42 Å². The van der Waals surface area contributed by atoms with Crippen LogP contribution in [0, 0.1) is 0 Å². The van der Waals surface area contributed by atoms with Gasteiger partial charge in [0.1, 0.15) is 5.75 Å². The molecule has 0 aliphatic heterocycles. The molecular weight excluding hydrogens is 238 g/mol. The van der Waals surface area contributed by atoms with Crippen LogP contribution in [0.1, 0.15) is 10.4 Å². The molecule has 0 saturated carbocycles. The van der Waals surface area contributed by atoms with Crippen LogP contribution in [0.3, 0.4) is 0 Å². The quantitative estimate of drug-likeness (QED) is 0.772. The zero-order chi connectivity index (χ0) is 12.5. The van der Waals surface area contributed by atoms with Crippen molar-refractivity contribution in [2.24, 2.45) is 0 Å². The molecule has 0 aliphatic carbocycles. The molecular formula is C12H11NO3S. The van der Waals surface area contributed by atoms with Crippen LogP contribution in [-0.2, 0) is 9.84 Å². The number of benzene rings is 1. The summed E-state index contributed by atoms with van der Waals surface area (Å²) in [6, 6.07) is 9.03. The van der Waals surface area contributed by atoms with Crippen molar-refractivity contribution in [3.05, 3.63) is 42.1 Å². The molecule has 2 aromatic rings. The lowest BCUT2D eigenvalue weighted by Gasteiger charge is -2.01. The number of aromatic nitrogens is 1. The molecule has 0 spiro atoms. The summed E-state index contributed by atoms with van der Waals surface area (Å²) in [6.45, 7) is 0. The first kappa shape index (κ1) is 11.7. The van der Waals surface area contributed by atoms with E-state index in [0.29, 0.717) is 5.56 Å². The number of carbonyl (C=O) groups excluding carboxylic acids is 1. The number of hydrogen-bond acceptors (Lipinski definition) is 4. The van der Waals surface area contributed by atoms with Crippen LogP contribution in [0.4, 0.5) is 0 Å². The van der Waals surface area contributed by atoms with E-state index in [9.17, 15) is 13.2 Å². The highest BCUT2D eigenvalue weighted by molar-refractivity contribution is 7.91. The Morgan fingerprint density at radius 2 is 2.00 bits per heavy atom. The van der Waals surface area contributed by atoms with Gasteiger partial charge in [-0.3, -0.25) is 9.78 Å². The molecule has 1 aromatic carbocycles. The molecule has 0 amide bonds. The van der Waals surface area contributed by atoms with Gasteiger partial charge in [0.25, 0.3) is 0 Å². The number of sulfone groups is 1. The predicted molar refractivity (Wildman–Crippen MR) is 65.8 cm³/mol. The Kier molecular flexibility index (Phi) is 2.93. The van der Waals surface area contributed by atoms with Gasteiger partial charge < -0.3 is 0 Å². The van der Waals surface area contributed by atoms with Gasteiger partial charge in [0.15, 0.2) is 15.6 Å². The van der Waals surface area contributed by atoms with Crippen molar-refractivity contribution in [3.8, 4) is 0 Å². The maximum Gasteiger partial charge on any atom is 0.179 e. The summed E-state index contributed by atoms with van der Waals surface area (Å²) in [5.41, 5.74) is 1.11. The van der Waals surface area contributed by atoms with E-state index in [0.717, 1.165) is 17.2 Å². The topological polar surface area (TPSA) is 64.1 Å². The fraction of sp³-hybridized carbons (Fsp3) is 0.167. The highest BCUT2D eigenvalue weighted by Gasteiger charge is 2.13. The number of fused-ring (bicyclic) bond motifs is 1. The normalized spacial score (nSPS) is 11.6. The first-order valence-corrected chi connectivity index (χ1v) is 7.07. The van der Waals surface area contributed by atoms with Crippen molar-refractivity contribution in [3.63, 3.8) is 0 Å². The van der Waals surface area contributed by atoms with Crippen molar-refractivity contribution >= 4 is 26.5 Å². The predicted octanol–water partition coefficient (Wildman–Crippen LogP) is 1.46. The third kappa shape index (κ3) is 2.88. The summed E-state index contributed by atoms with van der Waals surface area (Å²) < 4.78 is 22.1. The summed E-state index contributed by atoms with van der Waals surface area (Å²) in [5, 5.41) is 0.826. The minimum absolute atomic E-state index is 0.328. The Labute approximate surface area is 99.2 Å². The first-order valence-electron chi connectivity index (χ1n) is 5.01. The van der Waals surface area contributed by atoms with E-state index in [1.807, 2.05) is 24.3 Å². The molecule has 1 heterocycles. The lowest BCUT2D eigenvalue weighted by Crippen LogP contribution is -2.14. The van der Waals surface area contributed by atoms with Crippen molar-refractivity contribution in [2.75, 3.05) is 12.0 Å². The van der Waals surface area contributed by atoms with E-state index < -0.39 is 21.4 Å². The fourth-order valence-corrected chi connectivity index (χ4v) is 2.19. The number of rotatable bonds is 3. The molecule has 0 saturated heterocycles. The molecule has 0 atom stereocenters. The van der Waals surface area contributed by atoms with Gasteiger partial charge in [0.2, 0.25) is 0 Å². The maximum absolute atomic E-state index is 11.7. The van der Waals surface area contributed by atoms with Crippen molar-refractivity contribution in [1.29, 1.82) is 0 Å². The van der Waals surface area contributed by atoms with Gasteiger partial charge >= 0.3 is 0 Å². The Balaban J connectivity index is 2.40. The number of nitrogens with zero attached hydrogens (tertiary/aromatic N) is 1. The summed E-state index contributed by atoms with van der Waals surface area (Å²) in [4.78, 5) is 15.8. The average Bonchev–Trinajstić information content (AvgIpc) is 2.26. The lowest BCUT2D eigenvalue weighted by atomic mass is 10.1. The Bertz CT molecular complexity index is 677. The maximum atomic E-state index is 11.7. The zero-order valence-corrected chi connectivity index (χ0v) is 10.1. The van der Waals surface area contributed by atoms with Crippen LogP contribution in [0.2, 0.25) is 0 Å². The molecule has 0 aliphatic rings. The van der Waals surface area contributed by atoms with Crippen LogP contribution < -0.4 is 0 Å². The zero-order valence-electron chi connectivity index (χ0n) is 9.25. The molecule has 5 heteroatoms. The van der Waals surface area contributed by atoms with Crippen LogP contribution in [0.5, 0.6) is 0 Å². The fourth-order valence-electron chi connectivity index (χ4n) is 1.54. The summed E-state index contributed by atoms with van der Waals surface area (Å²) in [6.07, 6.45) is 2.45. The average molecular weight is 249 g/mol. The molecule has 1 aromatic heterocycles. The smallest absolute Gasteiger partial charge is 0.179 e. The molecule has 88 valence electrons. The van der Waals surface area contributed by atoms with Crippen LogP contribution in [0.25, 0.3) is 10.9 Å². The van der Waals surface area contributed by atoms with Gasteiger partial charge in [-0.15, -0.1) is 0 Å². The van der Waals surface area contributed by atoms with E-state index in [1.54, 1.807) is 6.07 Å². The highest BCUT2D eigenvalue weighted by Crippen LogP contribution is 2.13. The Hall–Kier alpha value is -1.75. The van der Waals surface area contributed by atoms with E-state index in [4.69, 9.17) is 0 Å². The molecule has 0 radical (unpaired) electrons. The molecule has 0 fully saturated rings. The third-order valence-corrected chi connectivity index (χ3v) is 3.09. The van der Waals surface area contributed by atoms with Crippen molar-refractivity contribution in [1.82, 2.24) is 4.98 Å². The third-order valence-electron chi connectivity index (χ3n) is 2.31. The number of Topliss-reactive ketones (excluding diaryl/α,β-unsaturated/α-hetero) is 1. The molecule has 0 unspecified atom stereocenters. The second kappa shape index (κ2) is 4.25. The van der Waals surface area contributed by atoms with Crippen LogP contribution in [0.15, 0.2) is 36.5 Å². The van der Waals surface area contributed by atoms with Crippen LogP contribution in [-0.4, -0.2) is 31.2 Å². The summed E-state index contributed by atoms with van der Waals surface area (Å²) in [5.74, 6) is -0.904. The molecule has 2 rings (SSSR count). The molecule has 17 heavy (non-hydrogen) atoms. The Morgan fingerprint density at radius 3 is 2.71 bits per heavy atom. The first-order chi connectivity index (χ1) is 7.96. The number of hydrogen-bond donors (Lipinski definition) is 0. The van der Waals surface area contributed by atoms with E-state index in [-0.39, 0.29) is 0 Å². The Morgan fingerprint density at radius 1 is 1.29 bits per heavy atom. The number of carbonyl (C=O) groups is 1. The molecule has 0 N–H and O–H groups in total. The number of para-hydroxylation sites is 1. The van der Waals surface area contributed by atoms with Crippen molar-refractivity contribution < 1.29 is 13.2 Å². The second-order valence-corrected chi connectivity index (χ2v) is 6.05. The SMILES string of the molecule is CS(=O)(=O)CC(=O)c1cnc2ccccc2c1. The minimum atomic E-state index is -3.30. The van der Waals surface area contributed by atoms with Gasteiger partial charge in [-0.2, -0.15) is 0 Å². The minimum Gasteiger partial charge on any atom is -0.293 e. The van der Waals surface area contributed by atoms with E-state index >= 15 is 0 Å². The summed E-state index contributed by atoms with van der Waals surface area (Å²) >= 11 is 0. The van der Waals surface area contributed by atoms with Gasteiger partial charge in [-0.05, 0) is 12.1 Å². The second-order valence-electron chi connectivity index (χ2n) is 3.91. The highest BCUT2D eigenvalue weighted by atomic mass is 32.2. The largest absolute Gasteiger partial charge is 0.293 e. The molecule has 0 bridgehead atoms. The standard InChI is InChI=1S/C12H11NO3S/c1-17(15,16)8-12(14)10-6-9-4-2-3-5-11(9)13-7-10/h2-7H,8H2,1H3. The number of ketones is 1. The van der Waals surface area contributed by atoms with Crippen molar-refractivity contribution in [2.45, 2.75) is 0 Å². The van der Waals surface area contributed by atoms with Gasteiger partial charge in [0, 0.05) is 23.4 Å². The van der Waals surface area contributed by atoms with Gasteiger partial charge in [-0.1, -0.05) is 18.2 Å².